The SMILES string of the molecule is C=CC[Si](C1=C(C)C([Si](CC=C)(c2ccccc2)c2ccccc2)=C(C)C1=O)(c1ccccc1)c1ccccc1. The molecule has 0 bridgehead atoms. The Morgan fingerprint density at radius 2 is 0.800 bits per heavy atom. The molecule has 4 aromatic rings. The van der Waals surface area contributed by atoms with Gasteiger partial charge in [0.05, 0.1) is 0 Å². The van der Waals surface area contributed by atoms with Crippen LogP contribution in [0.2, 0.25) is 12.1 Å². The Hall–Kier alpha value is -4.06. The van der Waals surface area contributed by atoms with Crippen molar-refractivity contribution in [3.05, 3.63) is 168 Å². The van der Waals surface area contributed by atoms with Crippen molar-refractivity contribution in [2.24, 2.45) is 0 Å². The minimum Gasteiger partial charge on any atom is -0.290 e. The van der Waals surface area contributed by atoms with Crippen LogP contribution in [-0.4, -0.2) is 21.9 Å². The average molecular weight is 553 g/mol. The minimum atomic E-state index is -2.76. The predicted octanol–water partition coefficient (Wildman–Crippen LogP) is 6.18. The van der Waals surface area contributed by atoms with Gasteiger partial charge in [-0.1, -0.05) is 133 Å². The Bertz CT molecular complexity index is 1500. The molecule has 0 amide bonds. The molecule has 0 fully saturated rings. The normalized spacial score (nSPS) is 14.0. The van der Waals surface area contributed by atoms with E-state index < -0.39 is 16.1 Å². The van der Waals surface area contributed by atoms with E-state index >= 15 is 0 Å². The number of carbonyl (C=O) groups is 1. The van der Waals surface area contributed by atoms with Crippen molar-refractivity contribution in [2.75, 3.05) is 0 Å². The van der Waals surface area contributed by atoms with Crippen LogP contribution in [-0.2, 0) is 4.79 Å². The van der Waals surface area contributed by atoms with E-state index in [0.717, 1.165) is 28.4 Å². The number of rotatable bonds is 10. The molecule has 0 atom stereocenters. The molecule has 1 aliphatic rings. The van der Waals surface area contributed by atoms with Crippen LogP contribution in [0, 0.1) is 0 Å². The lowest BCUT2D eigenvalue weighted by atomic mass is 10.2. The van der Waals surface area contributed by atoms with Crippen LogP contribution < -0.4 is 20.7 Å². The second-order valence-electron chi connectivity index (χ2n) is 10.6. The van der Waals surface area contributed by atoms with Crippen molar-refractivity contribution < 1.29 is 4.79 Å². The highest BCUT2D eigenvalue weighted by Crippen LogP contribution is 2.41. The van der Waals surface area contributed by atoms with E-state index in [-0.39, 0.29) is 5.78 Å². The summed E-state index contributed by atoms with van der Waals surface area (Å²) in [4.78, 5) is 14.8. The van der Waals surface area contributed by atoms with Gasteiger partial charge in [0.15, 0.2) is 21.9 Å². The molecule has 0 saturated carbocycles. The van der Waals surface area contributed by atoms with Gasteiger partial charge in [-0.3, -0.25) is 4.79 Å². The Kier molecular flexibility index (Phi) is 7.97. The molecule has 1 aliphatic carbocycles. The second kappa shape index (κ2) is 11.6. The summed E-state index contributed by atoms with van der Waals surface area (Å²) in [6.07, 6.45) is 4.08. The number of benzene rings is 4. The van der Waals surface area contributed by atoms with Crippen LogP contribution in [0.3, 0.4) is 0 Å². The van der Waals surface area contributed by atoms with E-state index in [1.54, 1.807) is 0 Å². The number of hydrogen-bond acceptors (Lipinski definition) is 1. The molecule has 0 N–H and O–H groups in total. The first-order valence-corrected chi connectivity index (χ1v) is 18.4. The van der Waals surface area contributed by atoms with Gasteiger partial charge in [0.25, 0.3) is 0 Å². The Morgan fingerprint density at radius 3 is 1.10 bits per heavy atom. The number of ketones is 1. The average Bonchev–Trinajstić information content (AvgIpc) is 3.24. The number of carbonyl (C=O) groups excluding carboxylic acids is 1. The molecule has 198 valence electrons. The van der Waals surface area contributed by atoms with Gasteiger partial charge in [0, 0.05) is 5.20 Å². The zero-order chi connectivity index (χ0) is 28.2. The lowest BCUT2D eigenvalue weighted by Gasteiger charge is -2.37. The fraction of sp³-hybridized carbons (Fsp3) is 0.108. The zero-order valence-corrected chi connectivity index (χ0v) is 25.4. The van der Waals surface area contributed by atoms with Crippen LogP contribution >= 0.6 is 0 Å². The van der Waals surface area contributed by atoms with Gasteiger partial charge < -0.3 is 0 Å². The maximum Gasteiger partial charge on any atom is 0.181 e. The summed E-state index contributed by atoms with van der Waals surface area (Å²) in [7, 11) is -5.41. The van der Waals surface area contributed by atoms with Crippen molar-refractivity contribution in [3.63, 3.8) is 0 Å². The third kappa shape index (κ3) is 4.36. The summed E-state index contributed by atoms with van der Waals surface area (Å²) < 4.78 is 0. The van der Waals surface area contributed by atoms with E-state index in [2.05, 4.69) is 154 Å². The Labute approximate surface area is 241 Å². The fourth-order valence-corrected chi connectivity index (χ4v) is 17.0. The first-order valence-electron chi connectivity index (χ1n) is 13.9. The molecule has 0 spiro atoms. The van der Waals surface area contributed by atoms with Crippen LogP contribution in [0.25, 0.3) is 0 Å². The first kappa shape index (κ1) is 27.5. The third-order valence-corrected chi connectivity index (χ3v) is 18.7. The van der Waals surface area contributed by atoms with Gasteiger partial charge in [-0.2, -0.15) is 0 Å². The summed E-state index contributed by atoms with van der Waals surface area (Å²) >= 11 is 0. The quantitative estimate of drug-likeness (QED) is 0.170. The third-order valence-electron chi connectivity index (χ3n) is 8.51. The number of Topliss-reactive ketones (excluding diaryl/α,β-unsaturated/α-hetero) is 1. The molecule has 1 nitrogen and oxygen atoms in total. The van der Waals surface area contributed by atoms with E-state index in [4.69, 9.17) is 0 Å². The number of allylic oxidation sites excluding steroid dienone is 6. The van der Waals surface area contributed by atoms with Gasteiger partial charge in [0.1, 0.15) is 0 Å². The van der Waals surface area contributed by atoms with Crippen molar-refractivity contribution >= 4 is 42.7 Å². The monoisotopic (exact) mass is 552 g/mol. The largest absolute Gasteiger partial charge is 0.290 e. The lowest BCUT2D eigenvalue weighted by molar-refractivity contribution is -0.111. The standard InChI is InChI=1S/C37H36OSi2/c1-5-27-39(31-19-11-7-12-20-31,32-21-13-8-14-22-32)36-29(3)35(38)37(30(36)4)40(28-6-2,33-23-15-9-16-24-33)34-25-17-10-18-26-34/h5-26H,1-2,27-28H2,3-4H3. The minimum absolute atomic E-state index is 0.196. The maximum absolute atomic E-state index is 14.8. The van der Waals surface area contributed by atoms with Gasteiger partial charge in [0.2, 0.25) is 0 Å². The second-order valence-corrected chi connectivity index (χ2v) is 18.3. The van der Waals surface area contributed by atoms with Gasteiger partial charge in [-0.25, -0.2) is 0 Å². The molecule has 5 rings (SSSR count). The van der Waals surface area contributed by atoms with Crippen molar-refractivity contribution in [2.45, 2.75) is 25.9 Å². The first-order chi connectivity index (χ1) is 19.5. The van der Waals surface area contributed by atoms with Crippen LogP contribution in [0.15, 0.2) is 168 Å². The molecule has 40 heavy (non-hydrogen) atoms. The fourth-order valence-electron chi connectivity index (χ4n) is 6.94. The summed E-state index contributed by atoms with van der Waals surface area (Å²) in [5.41, 5.74) is 2.05. The van der Waals surface area contributed by atoms with Gasteiger partial charge in [-0.05, 0) is 63.0 Å². The molecule has 0 unspecified atom stereocenters. The van der Waals surface area contributed by atoms with Crippen molar-refractivity contribution in [3.8, 4) is 0 Å². The van der Waals surface area contributed by atoms with Gasteiger partial charge >= 0.3 is 0 Å². The predicted molar refractivity (Wildman–Crippen MR) is 176 cm³/mol. The van der Waals surface area contributed by atoms with Crippen molar-refractivity contribution in [1.29, 1.82) is 0 Å². The van der Waals surface area contributed by atoms with Crippen LogP contribution in [0.5, 0.6) is 0 Å². The van der Waals surface area contributed by atoms with E-state index in [1.165, 1.54) is 25.9 Å². The molecule has 0 aliphatic heterocycles. The highest BCUT2D eigenvalue weighted by Gasteiger charge is 2.52. The smallest absolute Gasteiger partial charge is 0.181 e. The summed E-state index contributed by atoms with van der Waals surface area (Å²) in [6, 6.07) is 44.6. The highest BCUT2D eigenvalue weighted by molar-refractivity contribution is 7.12. The molecule has 4 aromatic carbocycles. The van der Waals surface area contributed by atoms with Crippen LogP contribution in [0.4, 0.5) is 0 Å². The Balaban J connectivity index is 1.90. The molecular weight excluding hydrogens is 517 g/mol. The topological polar surface area (TPSA) is 17.1 Å². The van der Waals surface area contributed by atoms with Crippen LogP contribution in [0.1, 0.15) is 13.8 Å². The van der Waals surface area contributed by atoms with Crippen molar-refractivity contribution in [1.82, 2.24) is 0 Å². The lowest BCUT2D eigenvalue weighted by Crippen LogP contribution is -2.62. The molecule has 0 aromatic heterocycles. The Morgan fingerprint density at radius 1 is 0.500 bits per heavy atom. The van der Waals surface area contributed by atoms with E-state index in [0.29, 0.717) is 0 Å². The van der Waals surface area contributed by atoms with E-state index in [9.17, 15) is 4.79 Å². The molecule has 0 heterocycles. The zero-order valence-electron chi connectivity index (χ0n) is 23.4. The molecule has 3 heteroatoms. The van der Waals surface area contributed by atoms with Gasteiger partial charge in [-0.15, -0.1) is 13.2 Å². The summed E-state index contributed by atoms with van der Waals surface area (Å²) in [6.45, 7) is 12.7. The maximum atomic E-state index is 14.8. The number of hydrogen-bond donors (Lipinski definition) is 0. The van der Waals surface area contributed by atoms with E-state index in [1.807, 2.05) is 6.08 Å². The highest BCUT2D eigenvalue weighted by atomic mass is 28.3. The molecular formula is C37H36OSi2. The summed E-state index contributed by atoms with van der Waals surface area (Å²) in [5, 5.41) is 7.35. The summed E-state index contributed by atoms with van der Waals surface area (Å²) in [5.74, 6) is 0.196. The molecule has 0 saturated heterocycles. The molecule has 0 radical (unpaired) electrons.